The molecule has 164 valence electrons. The van der Waals surface area contributed by atoms with E-state index >= 15 is 0 Å². The van der Waals surface area contributed by atoms with E-state index in [2.05, 4.69) is 10.3 Å². The van der Waals surface area contributed by atoms with Crippen LogP contribution in [-0.2, 0) is 11.3 Å². The number of halogens is 2. The maximum atomic E-state index is 12.9. The highest BCUT2D eigenvalue weighted by molar-refractivity contribution is 7.14. The molecule has 1 aliphatic heterocycles. The van der Waals surface area contributed by atoms with E-state index in [0.717, 1.165) is 16.9 Å². The van der Waals surface area contributed by atoms with Crippen LogP contribution in [0.4, 0.5) is 14.7 Å². The van der Waals surface area contributed by atoms with Crippen LogP contribution < -0.4 is 5.32 Å². The third kappa shape index (κ3) is 4.11. The number of benzene rings is 1. The van der Waals surface area contributed by atoms with Crippen LogP contribution in [0.3, 0.4) is 0 Å². The molecule has 1 saturated heterocycles. The number of amides is 2. The van der Waals surface area contributed by atoms with E-state index in [1.807, 2.05) is 34.9 Å². The number of nitriles is 1. The molecule has 3 aromatic rings. The zero-order valence-electron chi connectivity index (χ0n) is 17.1. The maximum absolute atomic E-state index is 12.9. The van der Waals surface area contributed by atoms with Crippen molar-refractivity contribution in [2.75, 3.05) is 18.4 Å². The lowest BCUT2D eigenvalue weighted by molar-refractivity contribution is -0.133. The van der Waals surface area contributed by atoms with Crippen LogP contribution in [0.2, 0.25) is 0 Å². The molecular formula is C22H19F2N5O2S. The molecule has 32 heavy (non-hydrogen) atoms. The Morgan fingerprint density at radius 3 is 2.72 bits per heavy atom. The van der Waals surface area contributed by atoms with Gasteiger partial charge >= 0.3 is 0 Å². The van der Waals surface area contributed by atoms with Crippen molar-refractivity contribution < 1.29 is 18.4 Å². The van der Waals surface area contributed by atoms with E-state index in [1.54, 1.807) is 11.8 Å². The summed E-state index contributed by atoms with van der Waals surface area (Å²) >= 11 is 0.746. The predicted molar refractivity (Wildman–Crippen MR) is 116 cm³/mol. The molecule has 7 nitrogen and oxygen atoms in total. The van der Waals surface area contributed by atoms with Gasteiger partial charge in [-0.05, 0) is 31.2 Å². The summed E-state index contributed by atoms with van der Waals surface area (Å²) in [6, 6.07) is 11.9. The number of likely N-dealkylation sites (tertiary alicyclic amines) is 1. The summed E-state index contributed by atoms with van der Waals surface area (Å²) in [5.74, 6) is -0.353. The highest BCUT2D eigenvalue weighted by Crippen LogP contribution is 2.29. The number of alkyl halides is 2. The molecule has 0 atom stereocenters. The molecule has 1 aliphatic rings. The largest absolute Gasteiger partial charge is 0.337 e. The fourth-order valence-electron chi connectivity index (χ4n) is 3.63. The van der Waals surface area contributed by atoms with Crippen molar-refractivity contribution in [3.05, 3.63) is 57.8 Å². The third-order valence-corrected chi connectivity index (χ3v) is 6.36. The number of fused-ring (bicyclic) bond motifs is 1. The van der Waals surface area contributed by atoms with E-state index in [-0.39, 0.29) is 27.2 Å². The smallest absolute Gasteiger partial charge is 0.272 e. The van der Waals surface area contributed by atoms with Gasteiger partial charge < -0.3 is 9.47 Å². The zero-order chi connectivity index (χ0) is 22.8. The summed E-state index contributed by atoms with van der Waals surface area (Å²) in [4.78, 5) is 31.0. The number of rotatable bonds is 6. The van der Waals surface area contributed by atoms with Gasteiger partial charge in [0.25, 0.3) is 18.2 Å². The quantitative estimate of drug-likeness (QED) is 0.445. The maximum Gasteiger partial charge on any atom is 0.272 e. The Bertz CT molecular complexity index is 1250. The molecule has 2 aromatic heterocycles. The van der Waals surface area contributed by atoms with Crippen molar-refractivity contribution in [1.29, 1.82) is 5.26 Å². The van der Waals surface area contributed by atoms with Gasteiger partial charge in [0.05, 0.1) is 20.8 Å². The topological polar surface area (TPSA) is 91.0 Å². The number of anilines is 1. The average Bonchev–Trinajstić information content (AvgIpc) is 3.36. The number of carbonyl (C=O) groups excluding carboxylic acids is 2. The van der Waals surface area contributed by atoms with E-state index in [4.69, 9.17) is 5.26 Å². The highest BCUT2D eigenvalue weighted by atomic mass is 32.1. The second-order valence-electron chi connectivity index (χ2n) is 7.38. The number of hydrogen-bond acceptors (Lipinski definition) is 5. The molecule has 0 aliphatic carbocycles. The van der Waals surface area contributed by atoms with E-state index in [0.29, 0.717) is 31.1 Å². The Morgan fingerprint density at radius 2 is 2.06 bits per heavy atom. The molecule has 1 fully saturated rings. The van der Waals surface area contributed by atoms with Gasteiger partial charge in [0.15, 0.2) is 0 Å². The molecule has 0 spiro atoms. The van der Waals surface area contributed by atoms with E-state index in [1.165, 1.54) is 18.2 Å². The predicted octanol–water partition coefficient (Wildman–Crippen LogP) is 4.22. The Labute approximate surface area is 186 Å². The lowest BCUT2D eigenvalue weighted by Gasteiger charge is -2.39. The Hall–Kier alpha value is -3.58. The lowest BCUT2D eigenvalue weighted by Crippen LogP contribution is -2.51. The minimum Gasteiger partial charge on any atom is -0.337 e. The number of carbonyl (C=O) groups is 2. The summed E-state index contributed by atoms with van der Waals surface area (Å²) in [5.41, 5.74) is 1.62. The van der Waals surface area contributed by atoms with Crippen LogP contribution in [0, 0.1) is 17.2 Å². The number of nitrogens with zero attached hydrogens (tertiary/aromatic N) is 4. The van der Waals surface area contributed by atoms with Crippen LogP contribution in [0.1, 0.15) is 27.9 Å². The fraction of sp³-hybridized carbons (Fsp3) is 0.273. The first-order valence-electron chi connectivity index (χ1n) is 9.91. The Balaban J connectivity index is 1.52. The number of hydrogen-bond donors (Lipinski definition) is 1. The number of aromatic nitrogens is 2. The van der Waals surface area contributed by atoms with Gasteiger partial charge in [-0.2, -0.15) is 5.26 Å². The number of thiophene rings is 1. The summed E-state index contributed by atoms with van der Waals surface area (Å²) in [7, 11) is 0. The molecule has 1 N–H and O–H groups in total. The molecule has 2 amide bonds. The van der Waals surface area contributed by atoms with Crippen molar-refractivity contribution >= 4 is 40.1 Å². The first-order chi connectivity index (χ1) is 15.4. The molecule has 0 bridgehead atoms. The highest BCUT2D eigenvalue weighted by Gasteiger charge is 2.33. The number of allylic oxidation sites excluding steroid dienone is 1. The van der Waals surface area contributed by atoms with Gasteiger partial charge in [-0.25, -0.2) is 13.8 Å². The van der Waals surface area contributed by atoms with Gasteiger partial charge in [0, 0.05) is 25.6 Å². The van der Waals surface area contributed by atoms with Crippen LogP contribution in [0.15, 0.2) is 48.0 Å². The molecule has 0 unspecified atom stereocenters. The van der Waals surface area contributed by atoms with Crippen molar-refractivity contribution in [2.24, 2.45) is 5.92 Å². The van der Waals surface area contributed by atoms with Crippen LogP contribution in [0.5, 0.6) is 0 Å². The van der Waals surface area contributed by atoms with Gasteiger partial charge in [0.1, 0.15) is 11.6 Å². The molecular weight excluding hydrogens is 436 g/mol. The minimum atomic E-state index is -2.63. The number of para-hydroxylation sites is 2. The second kappa shape index (κ2) is 8.88. The van der Waals surface area contributed by atoms with E-state index < -0.39 is 12.3 Å². The molecule has 4 rings (SSSR count). The van der Waals surface area contributed by atoms with Crippen molar-refractivity contribution in [1.82, 2.24) is 14.5 Å². The van der Waals surface area contributed by atoms with Crippen molar-refractivity contribution in [3.63, 3.8) is 0 Å². The standard InChI is InChI=1S/C22H19F2N5O2S/c1-2-14(9-25)21(31)28-10-13(11-28)12-29-16-6-4-3-5-15(16)26-22(29)27-20(30)18-8-7-17(32-18)19(23)24/h2-8,13,19H,10-12H2,1H3,(H,26,27,30)/b14-2+. The molecule has 10 heteroatoms. The first-order valence-corrected chi connectivity index (χ1v) is 10.7. The Morgan fingerprint density at radius 1 is 1.31 bits per heavy atom. The summed E-state index contributed by atoms with van der Waals surface area (Å²) in [6.07, 6.45) is -1.13. The first kappa shape index (κ1) is 21.6. The minimum absolute atomic E-state index is 0.114. The molecule has 3 heterocycles. The lowest BCUT2D eigenvalue weighted by atomic mass is 9.98. The molecule has 0 saturated carbocycles. The average molecular weight is 455 g/mol. The summed E-state index contributed by atoms with van der Waals surface area (Å²) in [6.45, 7) is 3.13. The van der Waals surface area contributed by atoms with Gasteiger partial charge in [-0.3, -0.25) is 14.9 Å². The summed E-state index contributed by atoms with van der Waals surface area (Å²) < 4.78 is 27.6. The zero-order valence-corrected chi connectivity index (χ0v) is 17.9. The second-order valence-corrected chi connectivity index (χ2v) is 8.50. The van der Waals surface area contributed by atoms with Crippen molar-refractivity contribution in [3.8, 4) is 6.07 Å². The van der Waals surface area contributed by atoms with E-state index in [9.17, 15) is 18.4 Å². The number of imidazole rings is 1. The normalized spacial score (nSPS) is 14.5. The van der Waals surface area contributed by atoms with Crippen molar-refractivity contribution in [2.45, 2.75) is 19.9 Å². The van der Waals surface area contributed by atoms with Gasteiger partial charge in [0.2, 0.25) is 5.95 Å². The van der Waals surface area contributed by atoms with Gasteiger partial charge in [-0.15, -0.1) is 11.3 Å². The molecule has 0 radical (unpaired) electrons. The molecule has 1 aromatic carbocycles. The van der Waals surface area contributed by atoms with Crippen LogP contribution in [-0.4, -0.2) is 39.4 Å². The Kier molecular flexibility index (Phi) is 6.01. The van der Waals surface area contributed by atoms with Crippen LogP contribution >= 0.6 is 11.3 Å². The number of nitrogens with one attached hydrogen (secondary N) is 1. The monoisotopic (exact) mass is 455 g/mol. The fourth-order valence-corrected chi connectivity index (χ4v) is 4.39. The SMILES string of the molecule is C/C=C(\C#N)C(=O)N1CC(Cn2c(NC(=O)c3ccc(C(F)F)s3)nc3ccccc32)C1. The third-order valence-electron chi connectivity index (χ3n) is 5.27. The van der Waals surface area contributed by atoms with Gasteiger partial charge in [-0.1, -0.05) is 18.2 Å². The summed E-state index contributed by atoms with van der Waals surface area (Å²) in [5, 5.41) is 11.8. The van der Waals surface area contributed by atoms with Crippen LogP contribution in [0.25, 0.3) is 11.0 Å².